The van der Waals surface area contributed by atoms with E-state index in [4.69, 9.17) is 10.7 Å². The lowest BCUT2D eigenvalue weighted by Crippen LogP contribution is -2.07. The highest BCUT2D eigenvalue weighted by molar-refractivity contribution is 6.11. The van der Waals surface area contributed by atoms with E-state index in [2.05, 4.69) is 16.9 Å². The topological polar surface area (TPSA) is 127 Å². The Bertz CT molecular complexity index is 1420. The molecule has 2 aromatic heterocycles. The highest BCUT2D eigenvalue weighted by atomic mass is 16.3. The molecule has 0 aliphatic carbocycles. The summed E-state index contributed by atoms with van der Waals surface area (Å²) in [6.07, 6.45) is 3.02. The van der Waals surface area contributed by atoms with Crippen LogP contribution in [0.3, 0.4) is 0 Å². The molecule has 4 aromatic rings. The monoisotopic (exact) mass is 489 g/mol. The number of hydrogen-bond donors (Lipinski definition) is 3. The van der Waals surface area contributed by atoms with E-state index in [0.717, 1.165) is 41.6 Å². The first-order chi connectivity index (χ1) is 17.3. The van der Waals surface area contributed by atoms with Gasteiger partial charge in [0.25, 0.3) is 0 Å². The van der Waals surface area contributed by atoms with Crippen LogP contribution in [0.5, 0.6) is 11.5 Å². The molecular formula is C28H35N5O3. The number of carbonyl (C=O) groups is 1. The van der Waals surface area contributed by atoms with E-state index in [9.17, 15) is 15.0 Å². The number of aromatic nitrogens is 3. The predicted octanol–water partition coefficient (Wildman–Crippen LogP) is 5.74. The lowest BCUT2D eigenvalue weighted by Gasteiger charge is -2.13. The lowest BCUT2D eigenvalue weighted by atomic mass is 10.1. The fraction of sp³-hybridized carbons (Fsp3) is 0.357. The summed E-state index contributed by atoms with van der Waals surface area (Å²) >= 11 is 0. The van der Waals surface area contributed by atoms with Crippen LogP contribution in [-0.2, 0) is 17.8 Å². The number of hydrogen-bond acceptors (Lipinski definition) is 6. The van der Waals surface area contributed by atoms with E-state index in [1.54, 1.807) is 13.0 Å². The van der Waals surface area contributed by atoms with Crippen molar-refractivity contribution in [1.82, 2.24) is 14.5 Å². The molecule has 0 radical (unpaired) electrons. The molecule has 0 aliphatic rings. The van der Waals surface area contributed by atoms with Crippen LogP contribution in [-0.4, -0.2) is 36.4 Å². The number of nitrogens with zero attached hydrogens (tertiary/aromatic N) is 4. The zero-order valence-corrected chi connectivity index (χ0v) is 21.7. The molecule has 36 heavy (non-hydrogen) atoms. The highest BCUT2D eigenvalue weighted by Crippen LogP contribution is 2.32. The average molecular weight is 490 g/mol. The van der Waals surface area contributed by atoms with Crippen LogP contribution in [0.1, 0.15) is 70.8 Å². The maximum atomic E-state index is 11.9. The first-order valence-electron chi connectivity index (χ1n) is 12.5. The van der Waals surface area contributed by atoms with Gasteiger partial charge < -0.3 is 20.5 Å². The Kier molecular flexibility index (Phi) is 8.64. The van der Waals surface area contributed by atoms with E-state index < -0.39 is 0 Å². The summed E-state index contributed by atoms with van der Waals surface area (Å²) in [5.74, 6) is 1.16. The first-order valence-corrected chi connectivity index (χ1v) is 12.5. The molecule has 8 nitrogen and oxygen atoms in total. The van der Waals surface area contributed by atoms with Gasteiger partial charge in [-0.3, -0.25) is 4.79 Å². The van der Waals surface area contributed by atoms with Crippen molar-refractivity contribution in [2.75, 3.05) is 5.73 Å². The van der Waals surface area contributed by atoms with Crippen molar-refractivity contribution >= 4 is 39.4 Å². The predicted molar refractivity (Wildman–Crippen MR) is 146 cm³/mol. The number of pyridine rings is 1. The van der Waals surface area contributed by atoms with Gasteiger partial charge in [0.2, 0.25) is 5.91 Å². The number of unbranched alkanes of at least 4 members (excludes halogenated alkanes) is 1. The van der Waals surface area contributed by atoms with E-state index in [0.29, 0.717) is 41.1 Å². The molecule has 190 valence electrons. The molecule has 0 atom stereocenters. The van der Waals surface area contributed by atoms with Crippen LogP contribution in [0.25, 0.3) is 21.9 Å². The molecule has 0 aliphatic heterocycles. The number of amides is 1. The molecule has 0 spiro atoms. The van der Waals surface area contributed by atoms with Gasteiger partial charge in [-0.1, -0.05) is 40.2 Å². The number of aromatic hydroxyl groups is 2. The number of fused-ring (bicyclic) bond motifs is 3. The largest absolute Gasteiger partial charge is 0.508 e. The van der Waals surface area contributed by atoms with Gasteiger partial charge in [0, 0.05) is 29.5 Å². The van der Waals surface area contributed by atoms with Crippen LogP contribution >= 0.6 is 0 Å². The Hall–Kier alpha value is -3.94. The van der Waals surface area contributed by atoms with Gasteiger partial charge in [-0.25, -0.2) is 15.0 Å². The van der Waals surface area contributed by atoms with Crippen molar-refractivity contribution in [3.8, 4) is 11.5 Å². The third kappa shape index (κ3) is 5.48. The smallest absolute Gasteiger partial charge is 0.245 e. The third-order valence-electron chi connectivity index (χ3n) is 5.94. The minimum atomic E-state index is -0.176. The fourth-order valence-electron chi connectivity index (χ4n) is 4.08. The Morgan fingerprint density at radius 2 is 1.83 bits per heavy atom. The minimum Gasteiger partial charge on any atom is -0.508 e. The molecule has 0 fully saturated rings. The van der Waals surface area contributed by atoms with Crippen LogP contribution in [0, 0.1) is 0 Å². The molecule has 8 heteroatoms. The maximum Gasteiger partial charge on any atom is 0.245 e. The van der Waals surface area contributed by atoms with E-state index >= 15 is 0 Å². The number of imidazole rings is 1. The van der Waals surface area contributed by atoms with Crippen molar-refractivity contribution in [2.45, 2.75) is 66.8 Å². The van der Waals surface area contributed by atoms with Crippen LogP contribution in [0.4, 0.5) is 5.82 Å². The number of benzene rings is 2. The van der Waals surface area contributed by atoms with Crippen molar-refractivity contribution in [3.05, 3.63) is 53.3 Å². The number of rotatable bonds is 7. The number of nitrogens with two attached hydrogens (primary N) is 1. The zero-order chi connectivity index (χ0) is 26.4. The summed E-state index contributed by atoms with van der Waals surface area (Å²) < 4.78 is 2.04. The highest BCUT2D eigenvalue weighted by Gasteiger charge is 2.19. The van der Waals surface area contributed by atoms with Gasteiger partial charge in [-0.05, 0) is 49.2 Å². The van der Waals surface area contributed by atoms with Crippen LogP contribution in [0.15, 0.2) is 41.4 Å². The number of phenolic OH excluding ortho intramolecular Hbond substituents is 2. The molecule has 2 heterocycles. The quantitative estimate of drug-likeness (QED) is 0.224. The second-order valence-electron chi connectivity index (χ2n) is 8.40. The van der Waals surface area contributed by atoms with Crippen molar-refractivity contribution in [2.24, 2.45) is 4.99 Å². The number of aliphatic imine (C=N–C) groups is 1. The van der Waals surface area contributed by atoms with Gasteiger partial charge in [-0.2, -0.15) is 0 Å². The second kappa shape index (κ2) is 11.7. The van der Waals surface area contributed by atoms with Gasteiger partial charge in [0.05, 0.1) is 17.6 Å². The number of aryl methyl sites for hydroxylation is 1. The SMILES string of the molecule is CC.CCCCc1nc2c(N)nc3ccc(C(C)=NC(=O)CC)cc3c2n1Cc1cc(O)ccc1O. The standard InChI is InChI=1S/C26H29N5O3.C2H6/c1-4-6-7-22-30-24-25(31(22)14-17-12-18(32)9-11-21(17)33)19-13-16(15(3)28-23(34)5-2)8-10-20(19)29-26(24)27;1-2/h8-13,32-33H,4-7,14H2,1-3H3,(H2,27,29);1-2H3. The summed E-state index contributed by atoms with van der Waals surface area (Å²) in [5, 5.41) is 21.3. The molecule has 0 unspecified atom stereocenters. The molecule has 0 saturated heterocycles. The summed E-state index contributed by atoms with van der Waals surface area (Å²) in [7, 11) is 0. The number of carbonyl (C=O) groups excluding carboxylic acids is 1. The molecule has 0 saturated carbocycles. The lowest BCUT2D eigenvalue weighted by molar-refractivity contribution is -0.117. The molecule has 2 aromatic carbocycles. The van der Waals surface area contributed by atoms with Gasteiger partial charge in [0.15, 0.2) is 5.82 Å². The van der Waals surface area contributed by atoms with Crippen molar-refractivity contribution < 1.29 is 15.0 Å². The summed E-state index contributed by atoms with van der Waals surface area (Å²) in [4.78, 5) is 25.4. The van der Waals surface area contributed by atoms with E-state index in [-0.39, 0.29) is 17.4 Å². The van der Waals surface area contributed by atoms with Crippen molar-refractivity contribution in [1.29, 1.82) is 0 Å². The first kappa shape index (κ1) is 26.7. The zero-order valence-electron chi connectivity index (χ0n) is 21.7. The van der Waals surface area contributed by atoms with Crippen LogP contribution in [0.2, 0.25) is 0 Å². The third-order valence-corrected chi connectivity index (χ3v) is 5.94. The van der Waals surface area contributed by atoms with E-state index in [1.165, 1.54) is 12.1 Å². The normalized spacial score (nSPS) is 11.5. The molecule has 4 N–H and O–H groups in total. The Morgan fingerprint density at radius 3 is 2.53 bits per heavy atom. The molecule has 1 amide bonds. The number of phenols is 2. The summed E-state index contributed by atoms with van der Waals surface area (Å²) in [6.45, 7) is 10.0. The molecule has 4 rings (SSSR count). The average Bonchev–Trinajstić information content (AvgIpc) is 3.24. The Labute approximate surface area is 211 Å². The maximum absolute atomic E-state index is 11.9. The van der Waals surface area contributed by atoms with Gasteiger partial charge in [0.1, 0.15) is 22.8 Å². The minimum absolute atomic E-state index is 0.0769. The Balaban J connectivity index is 0.00000176. The van der Waals surface area contributed by atoms with Crippen molar-refractivity contribution in [3.63, 3.8) is 0 Å². The fourth-order valence-corrected chi connectivity index (χ4v) is 4.08. The summed E-state index contributed by atoms with van der Waals surface area (Å²) in [5.41, 5.74) is 10.4. The van der Waals surface area contributed by atoms with Gasteiger partial charge in [-0.15, -0.1) is 0 Å². The number of nitrogen functional groups attached to an aromatic ring is 1. The summed E-state index contributed by atoms with van der Waals surface area (Å²) in [6, 6.07) is 10.2. The molecule has 0 bridgehead atoms. The van der Waals surface area contributed by atoms with E-state index in [1.807, 2.05) is 43.5 Å². The number of anilines is 1. The second-order valence-corrected chi connectivity index (χ2v) is 8.40. The molecular weight excluding hydrogens is 454 g/mol. The van der Waals surface area contributed by atoms with Gasteiger partial charge >= 0.3 is 0 Å². The van der Waals surface area contributed by atoms with Crippen LogP contribution < -0.4 is 5.73 Å². The Morgan fingerprint density at radius 1 is 1.08 bits per heavy atom.